The molecule has 2 atom stereocenters. The highest BCUT2D eigenvalue weighted by molar-refractivity contribution is 5.99. The van der Waals surface area contributed by atoms with Crippen molar-refractivity contribution in [2.24, 2.45) is 11.8 Å². The van der Waals surface area contributed by atoms with Crippen LogP contribution in [-0.2, 0) is 4.79 Å². The summed E-state index contributed by atoms with van der Waals surface area (Å²) in [5.41, 5.74) is 2.12. The molecule has 2 amide bonds. The first-order chi connectivity index (χ1) is 19.7. The molecule has 12 heteroatoms. The molecule has 9 nitrogen and oxygen atoms in total. The summed E-state index contributed by atoms with van der Waals surface area (Å²) in [6.07, 6.45) is 0.298. The van der Waals surface area contributed by atoms with E-state index in [1.165, 1.54) is 0 Å². The summed E-state index contributed by atoms with van der Waals surface area (Å²) in [5.74, 6) is -1.96. The Morgan fingerprint density at radius 3 is 2.66 bits per heavy atom. The van der Waals surface area contributed by atoms with Gasteiger partial charge >= 0.3 is 6.18 Å². The fourth-order valence-corrected chi connectivity index (χ4v) is 5.94. The van der Waals surface area contributed by atoms with E-state index in [1.54, 1.807) is 23.4 Å². The van der Waals surface area contributed by atoms with Crippen molar-refractivity contribution < 1.29 is 27.5 Å². The molecule has 0 unspecified atom stereocenters. The predicted molar refractivity (Wildman–Crippen MR) is 148 cm³/mol. The SMILES string of the molecule is CCOc1cc(N2CCN(C(=O)[C@H]3C[C@@H](C(F)(F)F)C3)C[C@H]2CC)c(C(=O)N[C@@H]2CCNC2)nc1-c1cccnc1. The maximum Gasteiger partial charge on any atom is 0.391 e. The Bertz CT molecular complexity index is 1230. The minimum atomic E-state index is -4.25. The lowest BCUT2D eigenvalue weighted by Gasteiger charge is -2.45. The number of pyridine rings is 2. The molecule has 2 aliphatic heterocycles. The van der Waals surface area contributed by atoms with Gasteiger partial charge in [0.15, 0.2) is 5.69 Å². The van der Waals surface area contributed by atoms with Crippen LogP contribution in [0, 0.1) is 11.8 Å². The van der Waals surface area contributed by atoms with Gasteiger partial charge in [-0.3, -0.25) is 14.6 Å². The number of ether oxygens (including phenoxy) is 1. The Morgan fingerprint density at radius 2 is 2.02 bits per heavy atom. The molecule has 2 aromatic heterocycles. The Hall–Kier alpha value is -3.41. The van der Waals surface area contributed by atoms with Crippen LogP contribution < -0.4 is 20.3 Å². The number of hydrogen-bond donors (Lipinski definition) is 2. The zero-order valence-corrected chi connectivity index (χ0v) is 23.4. The van der Waals surface area contributed by atoms with Gasteiger partial charge in [0.2, 0.25) is 5.91 Å². The van der Waals surface area contributed by atoms with Gasteiger partial charge in [0.1, 0.15) is 11.4 Å². The average molecular weight is 575 g/mol. The van der Waals surface area contributed by atoms with Gasteiger partial charge in [0.05, 0.1) is 18.2 Å². The van der Waals surface area contributed by atoms with Gasteiger partial charge in [0.25, 0.3) is 5.91 Å². The molecule has 0 spiro atoms. The standard InChI is InChI=1S/C29H37F3N6O3/c1-3-22-17-37(28(40)19-12-20(13-19)29(30,31)32)10-11-38(22)23-14-24(41-4-2)25(18-6-5-8-33-15-18)36-26(23)27(39)35-21-7-9-34-16-21/h5-6,8,14-15,19-22,34H,3-4,7,9-13,16-17H2,1-2H3,(H,35,39)/t19-,20+,21-,22-/m1/s1. The number of piperazine rings is 1. The summed E-state index contributed by atoms with van der Waals surface area (Å²) in [7, 11) is 0. The fraction of sp³-hybridized carbons (Fsp3) is 0.586. The van der Waals surface area contributed by atoms with E-state index >= 15 is 0 Å². The molecule has 4 heterocycles. The molecule has 1 aliphatic carbocycles. The number of nitrogens with zero attached hydrogens (tertiary/aromatic N) is 4. The molecule has 0 radical (unpaired) electrons. The number of nitrogens with one attached hydrogen (secondary N) is 2. The molecule has 5 rings (SSSR count). The summed E-state index contributed by atoms with van der Waals surface area (Å²) < 4.78 is 45.0. The number of alkyl halides is 3. The first kappa shape index (κ1) is 29.1. The van der Waals surface area contributed by atoms with Gasteiger partial charge in [-0.15, -0.1) is 0 Å². The maximum atomic E-state index is 13.7. The zero-order chi connectivity index (χ0) is 29.1. The summed E-state index contributed by atoms with van der Waals surface area (Å²) in [5, 5.41) is 6.37. The molecule has 0 bridgehead atoms. The number of halogens is 3. The highest BCUT2D eigenvalue weighted by Gasteiger charge is 2.51. The number of hydrogen-bond acceptors (Lipinski definition) is 7. The van der Waals surface area contributed by atoms with Crippen LogP contribution >= 0.6 is 0 Å². The van der Waals surface area contributed by atoms with Crippen LogP contribution in [0.25, 0.3) is 11.3 Å². The Labute approximate surface area is 237 Å². The van der Waals surface area contributed by atoms with E-state index in [0.29, 0.717) is 56.3 Å². The lowest BCUT2D eigenvalue weighted by atomic mass is 9.73. The van der Waals surface area contributed by atoms with Gasteiger partial charge in [-0.2, -0.15) is 13.2 Å². The molecule has 3 fully saturated rings. The highest BCUT2D eigenvalue weighted by Crippen LogP contribution is 2.45. The minimum absolute atomic E-state index is 0.00926. The second kappa shape index (κ2) is 12.2. The van der Waals surface area contributed by atoms with E-state index in [-0.39, 0.29) is 42.4 Å². The second-order valence-corrected chi connectivity index (χ2v) is 11.0. The first-order valence-electron chi connectivity index (χ1n) is 14.4. The van der Waals surface area contributed by atoms with Crippen molar-refractivity contribution in [3.8, 4) is 17.0 Å². The van der Waals surface area contributed by atoms with Crippen molar-refractivity contribution in [1.29, 1.82) is 0 Å². The molecule has 2 N–H and O–H groups in total. The number of aromatic nitrogens is 2. The Balaban J connectivity index is 1.43. The normalized spacial score (nSPS) is 24.6. The van der Waals surface area contributed by atoms with E-state index in [4.69, 9.17) is 9.72 Å². The van der Waals surface area contributed by atoms with E-state index in [0.717, 1.165) is 18.5 Å². The number of amides is 2. The van der Waals surface area contributed by atoms with Gasteiger partial charge in [-0.05, 0) is 51.3 Å². The van der Waals surface area contributed by atoms with Crippen LogP contribution in [0.5, 0.6) is 5.75 Å². The van der Waals surface area contributed by atoms with Crippen molar-refractivity contribution in [3.63, 3.8) is 0 Å². The molecule has 0 aromatic carbocycles. The third-order valence-electron chi connectivity index (χ3n) is 8.34. The smallest absolute Gasteiger partial charge is 0.391 e. The summed E-state index contributed by atoms with van der Waals surface area (Å²) in [6.45, 7) is 6.92. The van der Waals surface area contributed by atoms with Crippen molar-refractivity contribution >= 4 is 17.5 Å². The third-order valence-corrected chi connectivity index (χ3v) is 8.34. The molecule has 41 heavy (non-hydrogen) atoms. The van der Waals surface area contributed by atoms with Gasteiger partial charge in [0, 0.05) is 68.2 Å². The molecule has 222 valence electrons. The van der Waals surface area contributed by atoms with Crippen LogP contribution in [-0.4, -0.2) is 84.3 Å². The van der Waals surface area contributed by atoms with E-state index in [9.17, 15) is 22.8 Å². The quantitative estimate of drug-likeness (QED) is 0.497. The molecule has 1 saturated carbocycles. The zero-order valence-electron chi connectivity index (χ0n) is 23.4. The van der Waals surface area contributed by atoms with Crippen LogP contribution in [0.1, 0.15) is 50.0 Å². The van der Waals surface area contributed by atoms with Crippen molar-refractivity contribution in [2.75, 3.05) is 44.2 Å². The minimum Gasteiger partial charge on any atom is -0.492 e. The van der Waals surface area contributed by atoms with Crippen molar-refractivity contribution in [3.05, 3.63) is 36.3 Å². The fourth-order valence-electron chi connectivity index (χ4n) is 5.94. The van der Waals surface area contributed by atoms with Crippen molar-refractivity contribution in [2.45, 2.75) is 57.8 Å². The number of carbonyl (C=O) groups is 2. The van der Waals surface area contributed by atoms with E-state index < -0.39 is 18.0 Å². The monoisotopic (exact) mass is 574 g/mol. The van der Waals surface area contributed by atoms with E-state index in [2.05, 4.69) is 20.5 Å². The Morgan fingerprint density at radius 1 is 1.22 bits per heavy atom. The predicted octanol–water partition coefficient (Wildman–Crippen LogP) is 3.65. The lowest BCUT2D eigenvalue weighted by Crippen LogP contribution is -2.57. The van der Waals surface area contributed by atoms with Crippen LogP contribution in [0.15, 0.2) is 30.6 Å². The van der Waals surface area contributed by atoms with Crippen LogP contribution in [0.2, 0.25) is 0 Å². The second-order valence-electron chi connectivity index (χ2n) is 11.0. The average Bonchev–Trinajstić information content (AvgIpc) is 3.44. The number of rotatable bonds is 8. The number of carbonyl (C=O) groups excluding carboxylic acids is 2. The topological polar surface area (TPSA) is 99.7 Å². The largest absolute Gasteiger partial charge is 0.492 e. The van der Waals surface area contributed by atoms with E-state index in [1.807, 2.05) is 26.0 Å². The van der Waals surface area contributed by atoms with Crippen molar-refractivity contribution in [1.82, 2.24) is 25.5 Å². The molecular formula is C29H37F3N6O3. The van der Waals surface area contributed by atoms with Gasteiger partial charge in [-0.25, -0.2) is 4.98 Å². The molecule has 3 aliphatic rings. The first-order valence-corrected chi connectivity index (χ1v) is 14.4. The van der Waals surface area contributed by atoms with Crippen LogP contribution in [0.4, 0.5) is 18.9 Å². The summed E-state index contributed by atoms with van der Waals surface area (Å²) in [6, 6.07) is 5.35. The van der Waals surface area contributed by atoms with Crippen LogP contribution in [0.3, 0.4) is 0 Å². The third kappa shape index (κ3) is 6.27. The maximum absolute atomic E-state index is 13.7. The highest BCUT2D eigenvalue weighted by atomic mass is 19.4. The summed E-state index contributed by atoms with van der Waals surface area (Å²) >= 11 is 0. The van der Waals surface area contributed by atoms with Gasteiger partial charge in [-0.1, -0.05) is 6.92 Å². The molecule has 2 aromatic rings. The molecule has 2 saturated heterocycles. The summed E-state index contributed by atoms with van der Waals surface area (Å²) in [4.78, 5) is 39.6. The Kier molecular flexibility index (Phi) is 8.67. The van der Waals surface area contributed by atoms with Gasteiger partial charge < -0.3 is 25.2 Å². The number of anilines is 1. The lowest BCUT2D eigenvalue weighted by molar-refractivity contribution is -0.206. The molecular weight excluding hydrogens is 537 g/mol.